The van der Waals surface area contributed by atoms with Crippen molar-refractivity contribution < 1.29 is 33.3 Å². The third-order valence-corrected chi connectivity index (χ3v) is 8.97. The molecular weight excluding hydrogens is 452 g/mol. The van der Waals surface area contributed by atoms with Crippen LogP contribution < -0.4 is 0 Å². The third kappa shape index (κ3) is 5.39. The standard InChI is InChI=1S/C26H42N2O7/c1-15-5-9-18(10-6-15)27(3)21(29)13-22(30)28(4)19-11-7-17(8-12-19)25-34-24-23-20(33-26(24)35-25)14-31-16(2)32-23/h15-20,23-26H,5-14H2,1-4H3. The Balaban J connectivity index is 1.06. The highest BCUT2D eigenvalue weighted by Crippen LogP contribution is 2.42. The summed E-state index contributed by atoms with van der Waals surface area (Å²) in [5.74, 6) is 0.863. The van der Waals surface area contributed by atoms with Gasteiger partial charge in [0.1, 0.15) is 24.7 Å². The molecular formula is C26H42N2O7. The normalized spacial score (nSPS) is 43.3. The maximum absolute atomic E-state index is 12.9. The lowest BCUT2D eigenvalue weighted by atomic mass is 9.85. The third-order valence-electron chi connectivity index (χ3n) is 8.97. The van der Waals surface area contributed by atoms with Gasteiger partial charge in [0.2, 0.25) is 11.8 Å². The van der Waals surface area contributed by atoms with Crippen LogP contribution in [-0.4, -0.2) is 91.6 Å². The lowest BCUT2D eigenvalue weighted by Crippen LogP contribution is -2.46. The molecule has 0 aromatic rings. The molecule has 5 rings (SSSR count). The Bertz CT molecular complexity index is 765. The molecule has 0 aromatic carbocycles. The number of carbonyl (C=O) groups excluding carboxylic acids is 2. The van der Waals surface area contributed by atoms with Crippen molar-refractivity contribution in [3.05, 3.63) is 0 Å². The molecule has 0 aromatic heterocycles. The van der Waals surface area contributed by atoms with E-state index in [9.17, 15) is 9.59 Å². The highest BCUT2D eigenvalue weighted by molar-refractivity contribution is 5.97. The molecule has 2 aliphatic carbocycles. The Kier molecular flexibility index (Phi) is 7.70. The lowest BCUT2D eigenvalue weighted by molar-refractivity contribution is -0.268. The number of hydrogen-bond donors (Lipinski definition) is 0. The molecule has 0 N–H and O–H groups in total. The zero-order valence-electron chi connectivity index (χ0n) is 21.6. The van der Waals surface area contributed by atoms with Crippen LogP contribution in [0.15, 0.2) is 0 Å². The van der Waals surface area contributed by atoms with Crippen LogP contribution in [0.1, 0.15) is 71.6 Å². The molecule has 3 aliphatic heterocycles. The summed E-state index contributed by atoms with van der Waals surface area (Å²) in [7, 11) is 3.70. The second kappa shape index (κ2) is 10.6. The first kappa shape index (κ1) is 25.4. The van der Waals surface area contributed by atoms with Gasteiger partial charge >= 0.3 is 0 Å². The van der Waals surface area contributed by atoms with Crippen LogP contribution in [0.3, 0.4) is 0 Å². The van der Waals surface area contributed by atoms with Crippen molar-refractivity contribution in [1.29, 1.82) is 0 Å². The topological polar surface area (TPSA) is 86.8 Å². The molecule has 0 radical (unpaired) electrons. The summed E-state index contributed by atoms with van der Waals surface area (Å²) < 4.78 is 29.8. The molecule has 198 valence electrons. The molecule has 6 atom stereocenters. The fourth-order valence-electron chi connectivity index (χ4n) is 6.45. The average molecular weight is 495 g/mol. The number of carbonyl (C=O) groups is 2. The van der Waals surface area contributed by atoms with Crippen molar-refractivity contribution in [3.8, 4) is 0 Å². The Hall–Kier alpha value is -1.26. The van der Waals surface area contributed by atoms with E-state index in [0.717, 1.165) is 57.3 Å². The van der Waals surface area contributed by atoms with Crippen LogP contribution in [0.5, 0.6) is 0 Å². The molecule has 0 spiro atoms. The summed E-state index contributed by atoms with van der Waals surface area (Å²) in [4.78, 5) is 29.3. The summed E-state index contributed by atoms with van der Waals surface area (Å²) in [6.07, 6.45) is 6.46. The van der Waals surface area contributed by atoms with Crippen LogP contribution in [0.2, 0.25) is 0 Å². The van der Waals surface area contributed by atoms with Gasteiger partial charge < -0.3 is 33.5 Å². The van der Waals surface area contributed by atoms with Crippen LogP contribution in [-0.2, 0) is 33.3 Å². The second-order valence-electron chi connectivity index (χ2n) is 11.3. The van der Waals surface area contributed by atoms with E-state index < -0.39 is 6.29 Å². The molecule has 6 unspecified atom stereocenters. The predicted octanol–water partition coefficient (Wildman–Crippen LogP) is 2.66. The molecule has 35 heavy (non-hydrogen) atoms. The van der Waals surface area contributed by atoms with Gasteiger partial charge in [-0.1, -0.05) is 6.92 Å². The zero-order valence-corrected chi connectivity index (χ0v) is 21.6. The Morgan fingerprint density at radius 1 is 0.714 bits per heavy atom. The van der Waals surface area contributed by atoms with Gasteiger partial charge in [-0.05, 0) is 64.2 Å². The Morgan fingerprint density at radius 3 is 1.94 bits per heavy atom. The molecule has 5 fully saturated rings. The second-order valence-corrected chi connectivity index (χ2v) is 11.3. The van der Waals surface area contributed by atoms with Crippen molar-refractivity contribution in [1.82, 2.24) is 9.80 Å². The van der Waals surface area contributed by atoms with Crippen molar-refractivity contribution in [2.75, 3.05) is 20.7 Å². The summed E-state index contributed by atoms with van der Waals surface area (Å²) in [6.45, 7) is 4.66. The van der Waals surface area contributed by atoms with E-state index in [1.54, 1.807) is 4.90 Å². The van der Waals surface area contributed by atoms with Crippen LogP contribution in [0, 0.1) is 11.8 Å². The van der Waals surface area contributed by atoms with Crippen molar-refractivity contribution in [2.24, 2.45) is 11.8 Å². The number of fused-ring (bicyclic) bond motifs is 3. The quantitative estimate of drug-likeness (QED) is 0.543. The van der Waals surface area contributed by atoms with E-state index in [-0.39, 0.29) is 67.1 Å². The van der Waals surface area contributed by atoms with Gasteiger partial charge in [0.25, 0.3) is 0 Å². The van der Waals surface area contributed by atoms with Gasteiger partial charge in [0, 0.05) is 32.1 Å². The largest absolute Gasteiger partial charge is 0.350 e. The minimum atomic E-state index is -0.402. The van der Waals surface area contributed by atoms with E-state index in [2.05, 4.69) is 6.92 Å². The van der Waals surface area contributed by atoms with Gasteiger partial charge in [-0.3, -0.25) is 9.59 Å². The van der Waals surface area contributed by atoms with Crippen LogP contribution in [0.4, 0.5) is 0 Å². The molecule has 5 aliphatic rings. The summed E-state index contributed by atoms with van der Waals surface area (Å²) >= 11 is 0. The molecule has 3 heterocycles. The number of nitrogens with zero attached hydrogens (tertiary/aromatic N) is 2. The highest BCUT2D eigenvalue weighted by Gasteiger charge is 2.56. The summed E-state index contributed by atoms with van der Waals surface area (Å²) in [6, 6.07) is 0.417. The smallest absolute Gasteiger partial charge is 0.232 e. The fraction of sp³-hybridized carbons (Fsp3) is 0.923. The first-order valence-corrected chi connectivity index (χ1v) is 13.5. The van der Waals surface area contributed by atoms with Crippen LogP contribution >= 0.6 is 0 Å². The monoisotopic (exact) mass is 494 g/mol. The lowest BCUT2D eigenvalue weighted by Gasteiger charge is -2.37. The minimum Gasteiger partial charge on any atom is -0.350 e. The van der Waals surface area contributed by atoms with Gasteiger partial charge in [0.05, 0.1) is 6.61 Å². The van der Waals surface area contributed by atoms with Gasteiger partial charge in [-0.2, -0.15) is 0 Å². The maximum atomic E-state index is 12.9. The van der Waals surface area contributed by atoms with Crippen LogP contribution in [0.25, 0.3) is 0 Å². The summed E-state index contributed by atoms with van der Waals surface area (Å²) in [5, 5.41) is 0. The first-order valence-electron chi connectivity index (χ1n) is 13.5. The molecule has 3 saturated heterocycles. The number of rotatable bonds is 5. The number of amides is 2. The van der Waals surface area contributed by atoms with E-state index in [1.165, 1.54) is 0 Å². The first-order chi connectivity index (χ1) is 16.8. The van der Waals surface area contributed by atoms with Crippen molar-refractivity contribution >= 4 is 11.8 Å². The number of ether oxygens (including phenoxy) is 5. The van der Waals surface area contributed by atoms with E-state index in [4.69, 9.17) is 23.7 Å². The van der Waals surface area contributed by atoms with Gasteiger partial charge in [-0.25, -0.2) is 0 Å². The van der Waals surface area contributed by atoms with Crippen molar-refractivity contribution in [2.45, 2.75) is 121 Å². The fourth-order valence-corrected chi connectivity index (χ4v) is 6.45. The highest BCUT2D eigenvalue weighted by atomic mass is 16.8. The SMILES string of the molecule is CC1CCC(N(C)C(=O)CC(=O)N(C)C2CCC(C3OC4OC5COC(C)OC5C4O3)CC2)CC1. The van der Waals surface area contributed by atoms with Gasteiger partial charge in [-0.15, -0.1) is 0 Å². The maximum Gasteiger partial charge on any atom is 0.232 e. The molecule has 2 saturated carbocycles. The minimum absolute atomic E-state index is 0.0424. The predicted molar refractivity (Wildman–Crippen MR) is 126 cm³/mol. The zero-order chi connectivity index (χ0) is 24.7. The average Bonchev–Trinajstić information content (AvgIpc) is 3.42. The Labute approximate surface area is 208 Å². The molecule has 2 amide bonds. The molecule has 0 bridgehead atoms. The van der Waals surface area contributed by atoms with E-state index in [1.807, 2.05) is 25.9 Å². The number of hydrogen-bond acceptors (Lipinski definition) is 7. The van der Waals surface area contributed by atoms with Crippen molar-refractivity contribution in [3.63, 3.8) is 0 Å². The molecule has 9 nitrogen and oxygen atoms in total. The van der Waals surface area contributed by atoms with Gasteiger partial charge in [0.15, 0.2) is 18.9 Å². The van der Waals surface area contributed by atoms with E-state index >= 15 is 0 Å². The van der Waals surface area contributed by atoms with E-state index in [0.29, 0.717) is 6.61 Å². The summed E-state index contributed by atoms with van der Waals surface area (Å²) in [5.41, 5.74) is 0. The molecule has 9 heteroatoms. The Morgan fingerprint density at radius 2 is 1.31 bits per heavy atom.